The molecule has 0 aliphatic rings. The lowest BCUT2D eigenvalue weighted by Crippen LogP contribution is -2.05. The number of carboxylic acids is 1. The average molecular weight is 278 g/mol. The van der Waals surface area contributed by atoms with Crippen molar-refractivity contribution in [1.29, 1.82) is 0 Å². The van der Waals surface area contributed by atoms with Gasteiger partial charge in [0.1, 0.15) is 12.4 Å². The number of aromatic carboxylic acids is 1. The third-order valence-electron chi connectivity index (χ3n) is 2.60. The molecule has 0 spiro atoms. The highest BCUT2D eigenvalue weighted by Gasteiger charge is 2.11. The average Bonchev–Trinajstić information content (AvgIpc) is 2.39. The second kappa shape index (κ2) is 5.63. The summed E-state index contributed by atoms with van der Waals surface area (Å²) in [5.74, 6) is -0.718. The van der Waals surface area contributed by atoms with Crippen LogP contribution >= 0.6 is 11.6 Å². The molecule has 2 rings (SSSR count). The molecule has 0 fully saturated rings. The first-order valence-corrected chi connectivity index (χ1v) is 5.95. The van der Waals surface area contributed by atoms with E-state index in [-0.39, 0.29) is 11.3 Å². The molecule has 0 unspecified atom stereocenters. The van der Waals surface area contributed by atoms with Crippen molar-refractivity contribution in [2.75, 3.05) is 5.73 Å². The molecule has 4 nitrogen and oxygen atoms in total. The number of nitrogen functional groups attached to an aromatic ring is 1. The summed E-state index contributed by atoms with van der Waals surface area (Å²) < 4.78 is 5.52. The first-order chi connectivity index (χ1) is 9.08. The highest BCUT2D eigenvalue weighted by Crippen LogP contribution is 2.26. The summed E-state index contributed by atoms with van der Waals surface area (Å²) in [6.45, 7) is 0.296. The highest BCUT2D eigenvalue weighted by molar-refractivity contribution is 6.30. The zero-order chi connectivity index (χ0) is 13.8. The highest BCUT2D eigenvalue weighted by atomic mass is 35.5. The zero-order valence-electron chi connectivity index (χ0n) is 9.97. The number of nitrogens with two attached hydrogens (primary N) is 1. The second-order valence-corrected chi connectivity index (χ2v) is 4.37. The SMILES string of the molecule is Nc1c(OCc2ccc(Cl)cc2)cccc1C(=O)O. The molecule has 0 aliphatic carbocycles. The molecule has 5 heteroatoms. The van der Waals surface area contributed by atoms with Crippen LogP contribution in [-0.2, 0) is 6.61 Å². The number of ether oxygens (including phenoxy) is 1. The molecule has 98 valence electrons. The lowest BCUT2D eigenvalue weighted by molar-refractivity contribution is 0.0697. The van der Waals surface area contributed by atoms with Gasteiger partial charge >= 0.3 is 5.97 Å². The topological polar surface area (TPSA) is 72.5 Å². The van der Waals surface area contributed by atoms with E-state index < -0.39 is 5.97 Å². The first kappa shape index (κ1) is 13.2. The van der Waals surface area contributed by atoms with E-state index in [9.17, 15) is 4.79 Å². The Balaban J connectivity index is 2.13. The Bertz CT molecular complexity index is 596. The minimum atomic E-state index is -1.07. The molecule has 0 radical (unpaired) electrons. The monoisotopic (exact) mass is 277 g/mol. The van der Waals surface area contributed by atoms with Crippen LogP contribution in [0, 0.1) is 0 Å². The van der Waals surface area contributed by atoms with Crippen molar-refractivity contribution >= 4 is 23.3 Å². The molecule has 0 saturated carbocycles. The van der Waals surface area contributed by atoms with E-state index in [4.69, 9.17) is 27.2 Å². The Morgan fingerprint density at radius 3 is 2.53 bits per heavy atom. The predicted octanol–water partition coefficient (Wildman–Crippen LogP) is 3.20. The molecule has 0 aromatic heterocycles. The number of halogens is 1. The molecular weight excluding hydrogens is 266 g/mol. The largest absolute Gasteiger partial charge is 0.487 e. The Labute approximate surface area is 115 Å². The maximum atomic E-state index is 10.9. The molecule has 0 atom stereocenters. The molecule has 0 aliphatic heterocycles. The summed E-state index contributed by atoms with van der Waals surface area (Å²) in [5.41, 5.74) is 6.83. The number of hydrogen-bond acceptors (Lipinski definition) is 3. The standard InChI is InChI=1S/C14H12ClNO3/c15-10-6-4-9(5-7-10)8-19-12-3-1-2-11(13(12)16)14(17)18/h1-7H,8,16H2,(H,17,18). The number of carboxylic acid groups (broad SMARTS) is 1. The van der Waals surface area contributed by atoms with Crippen molar-refractivity contribution in [3.8, 4) is 5.75 Å². The summed E-state index contributed by atoms with van der Waals surface area (Å²) in [7, 11) is 0. The van der Waals surface area contributed by atoms with E-state index in [0.29, 0.717) is 17.4 Å². The van der Waals surface area contributed by atoms with Gasteiger partial charge in [0, 0.05) is 5.02 Å². The van der Waals surface area contributed by atoms with Crippen molar-refractivity contribution in [3.05, 3.63) is 58.6 Å². The number of hydrogen-bond donors (Lipinski definition) is 2. The molecule has 0 bridgehead atoms. The maximum absolute atomic E-state index is 10.9. The van der Waals surface area contributed by atoms with E-state index in [0.717, 1.165) is 5.56 Å². The summed E-state index contributed by atoms with van der Waals surface area (Å²) in [6.07, 6.45) is 0. The van der Waals surface area contributed by atoms with Gasteiger partial charge in [0.05, 0.1) is 11.3 Å². The Morgan fingerprint density at radius 2 is 1.89 bits per heavy atom. The molecule has 19 heavy (non-hydrogen) atoms. The van der Waals surface area contributed by atoms with E-state index in [1.165, 1.54) is 6.07 Å². The van der Waals surface area contributed by atoms with Crippen LogP contribution in [0.3, 0.4) is 0 Å². The Kier molecular flexibility index (Phi) is 3.92. The summed E-state index contributed by atoms with van der Waals surface area (Å²) in [6, 6.07) is 11.9. The lowest BCUT2D eigenvalue weighted by atomic mass is 10.1. The zero-order valence-corrected chi connectivity index (χ0v) is 10.7. The number of para-hydroxylation sites is 1. The van der Waals surface area contributed by atoms with Crippen LogP contribution in [0.1, 0.15) is 15.9 Å². The fraction of sp³-hybridized carbons (Fsp3) is 0.0714. The molecule has 0 saturated heterocycles. The normalized spacial score (nSPS) is 10.2. The summed E-state index contributed by atoms with van der Waals surface area (Å²) >= 11 is 5.78. The fourth-order valence-electron chi connectivity index (χ4n) is 1.60. The number of carbonyl (C=O) groups is 1. The van der Waals surface area contributed by atoms with Crippen LogP contribution in [0.4, 0.5) is 5.69 Å². The van der Waals surface area contributed by atoms with Crippen LogP contribution in [0.5, 0.6) is 5.75 Å². The minimum absolute atomic E-state index is 0.0357. The first-order valence-electron chi connectivity index (χ1n) is 5.57. The summed E-state index contributed by atoms with van der Waals surface area (Å²) in [4.78, 5) is 10.9. The van der Waals surface area contributed by atoms with Gasteiger partial charge in [-0.2, -0.15) is 0 Å². The second-order valence-electron chi connectivity index (χ2n) is 3.94. The van der Waals surface area contributed by atoms with Crippen LogP contribution in [-0.4, -0.2) is 11.1 Å². The van der Waals surface area contributed by atoms with Gasteiger partial charge in [-0.1, -0.05) is 29.8 Å². The van der Waals surface area contributed by atoms with Crippen LogP contribution in [0.15, 0.2) is 42.5 Å². The Hall–Kier alpha value is -2.20. The fourth-order valence-corrected chi connectivity index (χ4v) is 1.72. The van der Waals surface area contributed by atoms with E-state index in [2.05, 4.69) is 0 Å². The van der Waals surface area contributed by atoms with Gasteiger partial charge < -0.3 is 15.6 Å². The van der Waals surface area contributed by atoms with Gasteiger partial charge in [-0.25, -0.2) is 4.79 Å². The molecule has 2 aromatic rings. The van der Waals surface area contributed by atoms with Crippen molar-refractivity contribution in [2.24, 2.45) is 0 Å². The number of rotatable bonds is 4. The minimum Gasteiger partial charge on any atom is -0.487 e. The molecule has 3 N–H and O–H groups in total. The van der Waals surface area contributed by atoms with Gasteiger partial charge in [-0.3, -0.25) is 0 Å². The van der Waals surface area contributed by atoms with E-state index >= 15 is 0 Å². The van der Waals surface area contributed by atoms with Gasteiger partial charge in [-0.15, -0.1) is 0 Å². The Morgan fingerprint density at radius 1 is 1.21 bits per heavy atom. The van der Waals surface area contributed by atoms with Crippen LogP contribution < -0.4 is 10.5 Å². The van der Waals surface area contributed by atoms with Crippen LogP contribution in [0.2, 0.25) is 5.02 Å². The van der Waals surface area contributed by atoms with Gasteiger partial charge in [0.15, 0.2) is 0 Å². The van der Waals surface area contributed by atoms with Gasteiger partial charge in [-0.05, 0) is 29.8 Å². The maximum Gasteiger partial charge on any atom is 0.337 e. The molecule has 0 amide bonds. The van der Waals surface area contributed by atoms with Crippen molar-refractivity contribution in [1.82, 2.24) is 0 Å². The van der Waals surface area contributed by atoms with Crippen molar-refractivity contribution in [2.45, 2.75) is 6.61 Å². The molecular formula is C14H12ClNO3. The van der Waals surface area contributed by atoms with Crippen molar-refractivity contribution in [3.63, 3.8) is 0 Å². The van der Waals surface area contributed by atoms with E-state index in [1.54, 1.807) is 24.3 Å². The van der Waals surface area contributed by atoms with Crippen LogP contribution in [0.25, 0.3) is 0 Å². The number of anilines is 1. The smallest absolute Gasteiger partial charge is 0.337 e. The lowest BCUT2D eigenvalue weighted by Gasteiger charge is -2.10. The van der Waals surface area contributed by atoms with Gasteiger partial charge in [0.25, 0.3) is 0 Å². The summed E-state index contributed by atoms with van der Waals surface area (Å²) in [5, 5.41) is 9.60. The van der Waals surface area contributed by atoms with Gasteiger partial charge in [0.2, 0.25) is 0 Å². The predicted molar refractivity (Wildman–Crippen MR) is 73.6 cm³/mol. The quantitative estimate of drug-likeness (QED) is 0.842. The molecule has 2 aromatic carbocycles. The third-order valence-corrected chi connectivity index (χ3v) is 2.86. The number of benzene rings is 2. The molecule has 0 heterocycles. The third kappa shape index (κ3) is 3.17. The van der Waals surface area contributed by atoms with Crippen molar-refractivity contribution < 1.29 is 14.6 Å². The van der Waals surface area contributed by atoms with E-state index in [1.807, 2.05) is 12.1 Å².